The van der Waals surface area contributed by atoms with E-state index in [4.69, 9.17) is 4.74 Å². The normalized spacial score (nSPS) is 12.0. The fourth-order valence-corrected chi connectivity index (χ4v) is 1.49. The first-order valence-electron chi connectivity index (χ1n) is 5.68. The Morgan fingerprint density at radius 3 is 2.67 bits per heavy atom. The third kappa shape index (κ3) is 3.63. The average molecular weight is 253 g/mol. The number of ether oxygens (including phenoxy) is 1. The van der Waals surface area contributed by atoms with Crippen LogP contribution < -0.4 is 5.32 Å². The van der Waals surface area contributed by atoms with Crippen LogP contribution in [0.4, 0.5) is 10.1 Å². The monoisotopic (exact) mass is 253 g/mol. The van der Waals surface area contributed by atoms with E-state index < -0.39 is 17.8 Å². The van der Waals surface area contributed by atoms with Crippen LogP contribution in [0.2, 0.25) is 0 Å². The molecule has 5 heteroatoms. The number of nitrogens with one attached hydrogen (secondary N) is 1. The molecule has 18 heavy (non-hydrogen) atoms. The van der Waals surface area contributed by atoms with Crippen molar-refractivity contribution in [1.82, 2.24) is 0 Å². The summed E-state index contributed by atoms with van der Waals surface area (Å²) in [6, 6.07) is 3.64. The topological polar surface area (TPSA) is 55.4 Å². The van der Waals surface area contributed by atoms with Crippen molar-refractivity contribution in [3.05, 3.63) is 29.6 Å². The van der Waals surface area contributed by atoms with Crippen LogP contribution in [0.5, 0.6) is 0 Å². The fourth-order valence-electron chi connectivity index (χ4n) is 1.49. The molecule has 98 valence electrons. The predicted octanol–water partition coefficient (Wildman–Crippen LogP) is 2.39. The van der Waals surface area contributed by atoms with E-state index in [0.717, 1.165) is 6.07 Å². The summed E-state index contributed by atoms with van der Waals surface area (Å²) in [5.41, 5.74) is 0.438. The number of carbonyl (C=O) groups is 2. The first-order chi connectivity index (χ1) is 8.45. The molecule has 0 heterocycles. The molecule has 0 fully saturated rings. The number of hydrogen-bond donors (Lipinski definition) is 1. The Labute approximate surface area is 105 Å². The van der Waals surface area contributed by atoms with Gasteiger partial charge in [0, 0.05) is 12.2 Å². The molecule has 0 aliphatic rings. The van der Waals surface area contributed by atoms with Gasteiger partial charge in [0.15, 0.2) is 5.78 Å². The highest BCUT2D eigenvalue weighted by molar-refractivity contribution is 6.04. The molecule has 4 nitrogen and oxygen atoms in total. The standard InChI is InChI=1S/C13H16FNO3/c1-4-18-9(3)13(17)15-12-7-10(14)5-6-11(12)8(2)16/h5-7,9H,4H2,1-3H3,(H,15,17)/t9-/m1/s1. The number of Topliss-reactive ketones (excluding diaryl/α,β-unsaturated/α-hetero) is 1. The zero-order valence-corrected chi connectivity index (χ0v) is 10.6. The van der Waals surface area contributed by atoms with Gasteiger partial charge in [0.1, 0.15) is 11.9 Å². The molecule has 1 aromatic carbocycles. The zero-order valence-electron chi connectivity index (χ0n) is 10.6. The van der Waals surface area contributed by atoms with Crippen LogP contribution in [0.15, 0.2) is 18.2 Å². The van der Waals surface area contributed by atoms with Crippen LogP contribution in [0, 0.1) is 5.82 Å². The van der Waals surface area contributed by atoms with E-state index in [1.807, 2.05) is 0 Å². The molecule has 1 atom stereocenters. The van der Waals surface area contributed by atoms with E-state index in [9.17, 15) is 14.0 Å². The molecule has 1 N–H and O–H groups in total. The maximum absolute atomic E-state index is 13.1. The summed E-state index contributed by atoms with van der Waals surface area (Å²) in [7, 11) is 0. The number of anilines is 1. The lowest BCUT2D eigenvalue weighted by Crippen LogP contribution is -2.28. The maximum atomic E-state index is 13.1. The molecule has 0 saturated heterocycles. The minimum absolute atomic E-state index is 0.166. The summed E-state index contributed by atoms with van der Waals surface area (Å²) in [6.07, 6.45) is -0.655. The van der Waals surface area contributed by atoms with Crippen molar-refractivity contribution >= 4 is 17.4 Å². The summed E-state index contributed by atoms with van der Waals surface area (Å²) < 4.78 is 18.2. The molecular formula is C13H16FNO3. The quantitative estimate of drug-likeness (QED) is 0.820. The minimum atomic E-state index is -0.655. The van der Waals surface area contributed by atoms with E-state index in [2.05, 4.69) is 5.32 Å². The van der Waals surface area contributed by atoms with Crippen molar-refractivity contribution in [1.29, 1.82) is 0 Å². The van der Waals surface area contributed by atoms with Gasteiger partial charge >= 0.3 is 0 Å². The molecular weight excluding hydrogens is 237 g/mol. The van der Waals surface area contributed by atoms with Gasteiger partial charge in [-0.05, 0) is 39.0 Å². The largest absolute Gasteiger partial charge is 0.369 e. The highest BCUT2D eigenvalue weighted by atomic mass is 19.1. The van der Waals surface area contributed by atoms with Gasteiger partial charge in [0.25, 0.3) is 5.91 Å². The highest BCUT2D eigenvalue weighted by Gasteiger charge is 2.16. The third-order valence-corrected chi connectivity index (χ3v) is 2.40. The fraction of sp³-hybridized carbons (Fsp3) is 0.385. The Balaban J connectivity index is 2.92. The van der Waals surface area contributed by atoms with Crippen molar-refractivity contribution in [2.24, 2.45) is 0 Å². The molecule has 0 saturated carbocycles. The lowest BCUT2D eigenvalue weighted by atomic mass is 10.1. The highest BCUT2D eigenvalue weighted by Crippen LogP contribution is 2.18. The molecule has 0 radical (unpaired) electrons. The molecule has 1 aromatic rings. The van der Waals surface area contributed by atoms with E-state index in [-0.39, 0.29) is 17.0 Å². The molecule has 0 spiro atoms. The molecule has 0 bridgehead atoms. The molecule has 0 aromatic heterocycles. The maximum Gasteiger partial charge on any atom is 0.253 e. The number of carbonyl (C=O) groups excluding carboxylic acids is 2. The molecule has 0 aliphatic heterocycles. The van der Waals surface area contributed by atoms with Gasteiger partial charge in [-0.2, -0.15) is 0 Å². The Kier molecular flexibility index (Phi) is 4.97. The summed E-state index contributed by atoms with van der Waals surface area (Å²) in [6.45, 7) is 5.12. The van der Waals surface area contributed by atoms with Gasteiger partial charge < -0.3 is 10.1 Å². The van der Waals surface area contributed by atoms with Crippen LogP contribution >= 0.6 is 0 Å². The van der Waals surface area contributed by atoms with Crippen molar-refractivity contribution in [3.8, 4) is 0 Å². The Bertz CT molecular complexity index is 460. The van der Waals surface area contributed by atoms with Gasteiger partial charge in [-0.15, -0.1) is 0 Å². The number of halogens is 1. The Morgan fingerprint density at radius 2 is 2.11 bits per heavy atom. The Hall–Kier alpha value is -1.75. The number of hydrogen-bond acceptors (Lipinski definition) is 3. The van der Waals surface area contributed by atoms with Crippen molar-refractivity contribution in [2.75, 3.05) is 11.9 Å². The average Bonchev–Trinajstić information content (AvgIpc) is 2.28. The van der Waals surface area contributed by atoms with Crippen LogP contribution in [0.1, 0.15) is 31.1 Å². The van der Waals surface area contributed by atoms with E-state index in [0.29, 0.717) is 6.61 Å². The SMILES string of the molecule is CCO[C@H](C)C(=O)Nc1cc(F)ccc1C(C)=O. The smallest absolute Gasteiger partial charge is 0.253 e. The van der Waals surface area contributed by atoms with Crippen molar-refractivity contribution in [2.45, 2.75) is 26.9 Å². The predicted molar refractivity (Wildman–Crippen MR) is 66.1 cm³/mol. The number of benzene rings is 1. The first-order valence-corrected chi connectivity index (χ1v) is 5.68. The zero-order chi connectivity index (χ0) is 13.7. The first kappa shape index (κ1) is 14.3. The van der Waals surface area contributed by atoms with Crippen molar-refractivity contribution < 1.29 is 18.7 Å². The minimum Gasteiger partial charge on any atom is -0.369 e. The van der Waals surface area contributed by atoms with Crippen LogP contribution in [-0.4, -0.2) is 24.4 Å². The second kappa shape index (κ2) is 6.26. The lowest BCUT2D eigenvalue weighted by molar-refractivity contribution is -0.126. The van der Waals surface area contributed by atoms with E-state index >= 15 is 0 Å². The second-order valence-electron chi connectivity index (χ2n) is 3.83. The van der Waals surface area contributed by atoms with E-state index in [1.165, 1.54) is 19.1 Å². The summed E-state index contributed by atoms with van der Waals surface area (Å²) in [4.78, 5) is 23.1. The van der Waals surface area contributed by atoms with Gasteiger partial charge in [-0.1, -0.05) is 0 Å². The van der Waals surface area contributed by atoms with Crippen molar-refractivity contribution in [3.63, 3.8) is 0 Å². The van der Waals surface area contributed by atoms with Crippen LogP contribution in [0.25, 0.3) is 0 Å². The van der Waals surface area contributed by atoms with E-state index in [1.54, 1.807) is 13.8 Å². The summed E-state index contributed by atoms with van der Waals surface area (Å²) in [5.74, 6) is -1.17. The molecule has 0 aliphatic carbocycles. The number of ketones is 1. The number of rotatable bonds is 5. The van der Waals surface area contributed by atoms with Gasteiger partial charge in [0.05, 0.1) is 5.69 Å². The summed E-state index contributed by atoms with van der Waals surface area (Å²) >= 11 is 0. The molecule has 0 unspecified atom stereocenters. The van der Waals surface area contributed by atoms with Gasteiger partial charge in [-0.3, -0.25) is 9.59 Å². The Morgan fingerprint density at radius 1 is 1.44 bits per heavy atom. The van der Waals surface area contributed by atoms with Crippen LogP contribution in [-0.2, 0) is 9.53 Å². The second-order valence-corrected chi connectivity index (χ2v) is 3.83. The van der Waals surface area contributed by atoms with Gasteiger partial charge in [-0.25, -0.2) is 4.39 Å². The lowest BCUT2D eigenvalue weighted by Gasteiger charge is -2.14. The number of amides is 1. The summed E-state index contributed by atoms with van der Waals surface area (Å²) in [5, 5.41) is 2.49. The van der Waals surface area contributed by atoms with Crippen LogP contribution in [0.3, 0.4) is 0 Å². The third-order valence-electron chi connectivity index (χ3n) is 2.40. The molecule has 1 amide bonds. The van der Waals surface area contributed by atoms with Gasteiger partial charge in [0.2, 0.25) is 0 Å². The molecule has 1 rings (SSSR count).